The van der Waals surface area contributed by atoms with Crippen molar-refractivity contribution in [3.63, 3.8) is 0 Å². The molecule has 18 heteroatoms. The van der Waals surface area contributed by atoms with Gasteiger partial charge in [-0.1, -0.05) is 22.7 Å². The van der Waals surface area contributed by atoms with E-state index in [4.69, 9.17) is 28.4 Å². The molecule has 2 aliphatic heterocycles. The molecule has 52 heavy (non-hydrogen) atoms. The Hall–Kier alpha value is -5.36. The molecule has 0 amide bonds. The number of thiazole rings is 2. The zero-order valence-corrected chi connectivity index (χ0v) is 29.6. The predicted molar refractivity (Wildman–Crippen MR) is 188 cm³/mol. The van der Waals surface area contributed by atoms with Gasteiger partial charge in [0.1, 0.15) is 11.5 Å². The average molecular weight is 749 g/mol. The first kappa shape index (κ1) is 33.8. The molecule has 2 spiro atoms. The zero-order chi connectivity index (χ0) is 36.0. The number of anilines is 2. The van der Waals surface area contributed by atoms with Crippen LogP contribution in [0.5, 0.6) is 11.5 Å². The number of hydrogen-bond acceptors (Lipinski definition) is 18. The molecule has 4 heterocycles. The molecule has 270 valence electrons. The lowest BCUT2D eigenvalue weighted by Gasteiger charge is -2.45. The second kappa shape index (κ2) is 13.3. The Bertz CT molecular complexity index is 1970. The summed E-state index contributed by atoms with van der Waals surface area (Å²) in [7, 11) is 3.15. The molecule has 4 fully saturated rings. The van der Waals surface area contributed by atoms with E-state index >= 15 is 0 Å². The van der Waals surface area contributed by atoms with Gasteiger partial charge >= 0.3 is 23.9 Å². The molecule has 4 aromatic rings. The Morgan fingerprint density at radius 2 is 1.00 bits per heavy atom. The number of hydrogen-bond donors (Lipinski definition) is 2. The molecule has 2 N–H and O–H groups in total. The van der Waals surface area contributed by atoms with Crippen molar-refractivity contribution in [3.05, 3.63) is 36.4 Å². The molecule has 8 rings (SSSR count). The number of ether oxygens (including phenoxy) is 6. The van der Waals surface area contributed by atoms with E-state index in [2.05, 4.69) is 31.0 Å². The van der Waals surface area contributed by atoms with Gasteiger partial charge < -0.3 is 28.4 Å². The van der Waals surface area contributed by atoms with Gasteiger partial charge in [0.2, 0.25) is 10.3 Å². The van der Waals surface area contributed by atoms with E-state index in [0.29, 0.717) is 84.2 Å². The highest BCUT2D eigenvalue weighted by Gasteiger charge is 2.53. The maximum Gasteiger partial charge on any atom is 0.369 e. The smallest absolute Gasteiger partial charge is 0.369 e. The highest BCUT2D eigenvalue weighted by Crippen LogP contribution is 2.47. The van der Waals surface area contributed by atoms with E-state index in [9.17, 15) is 19.2 Å². The molecule has 0 bridgehead atoms. The molecule has 2 saturated heterocycles. The summed E-state index contributed by atoms with van der Waals surface area (Å²) in [5, 5.41) is 8.69. The Labute approximate surface area is 303 Å². The van der Waals surface area contributed by atoms with Crippen LogP contribution in [0.1, 0.15) is 51.4 Å². The van der Waals surface area contributed by atoms with Gasteiger partial charge in [-0.25, -0.2) is 29.1 Å². The van der Waals surface area contributed by atoms with Crippen molar-refractivity contribution < 1.29 is 47.6 Å². The Kier molecular flexibility index (Phi) is 8.65. The lowest BCUT2D eigenvalue weighted by atomic mass is 9.70. The Balaban J connectivity index is 0.827. The highest BCUT2D eigenvalue weighted by molar-refractivity contribution is 7.22. The number of benzene rings is 2. The molecule has 2 aliphatic carbocycles. The third-order valence-corrected chi connectivity index (χ3v) is 11.7. The standard InChI is InChI=1S/C34H32N6O10S2/c1-45-19-3-5-21-23(15-19)51-31(35-21)39-37-25-27(41)47-33(48-28(25)42)11-7-17(8-12-33)18-9-13-34(14-10-18)49-29(43)26(30(44)50-34)38-40-32-36-22-6-4-20(46-2)16-24(22)52-32/h3-6,15-18H,7-14H2,1-2H3,(H,35,39)(H,36,40). The summed E-state index contributed by atoms with van der Waals surface area (Å²) < 4.78 is 34.9. The Morgan fingerprint density at radius 3 is 1.35 bits per heavy atom. The summed E-state index contributed by atoms with van der Waals surface area (Å²) in [6, 6.07) is 10.8. The Morgan fingerprint density at radius 1 is 0.635 bits per heavy atom. The third-order valence-electron chi connectivity index (χ3n) is 9.86. The number of aromatic nitrogens is 2. The van der Waals surface area contributed by atoms with Gasteiger partial charge in [0, 0.05) is 25.7 Å². The SMILES string of the molecule is COc1ccc2nc(NN=C3C(=O)OC4(CCC(C5CCC6(CC5)OC(=O)C(=NNc5nc7ccc(OC)cc7s5)C(=O)O6)CC4)OC3=O)sc2c1. The minimum atomic E-state index is -1.34. The molecule has 0 atom stereocenters. The topological polar surface area (TPSA) is 198 Å². The lowest BCUT2D eigenvalue weighted by Crippen LogP contribution is -2.54. The fourth-order valence-electron chi connectivity index (χ4n) is 7.14. The van der Waals surface area contributed by atoms with Crippen LogP contribution < -0.4 is 20.3 Å². The first-order valence-electron chi connectivity index (χ1n) is 16.6. The van der Waals surface area contributed by atoms with E-state index in [0.717, 1.165) is 9.40 Å². The summed E-state index contributed by atoms with van der Waals surface area (Å²) in [5.74, 6) is -4.26. The number of esters is 4. The van der Waals surface area contributed by atoms with Crippen molar-refractivity contribution in [2.45, 2.75) is 62.9 Å². The van der Waals surface area contributed by atoms with Gasteiger partial charge in [-0.15, -0.1) is 0 Å². The van der Waals surface area contributed by atoms with Gasteiger partial charge in [-0.3, -0.25) is 10.9 Å². The summed E-state index contributed by atoms with van der Waals surface area (Å²) in [5.41, 5.74) is 5.79. The predicted octanol–water partition coefficient (Wildman–Crippen LogP) is 5.13. The fourth-order valence-corrected chi connectivity index (χ4v) is 8.81. The minimum absolute atomic E-state index is 0.250. The van der Waals surface area contributed by atoms with E-state index in [-0.39, 0.29) is 11.8 Å². The molecular formula is C34H32N6O10S2. The number of carbonyl (C=O) groups excluding carboxylic acids is 4. The largest absolute Gasteiger partial charge is 0.497 e. The van der Waals surface area contributed by atoms with Gasteiger partial charge in [0.15, 0.2) is 0 Å². The maximum atomic E-state index is 12.9. The summed E-state index contributed by atoms with van der Waals surface area (Å²) in [6.07, 6.45) is 3.98. The highest BCUT2D eigenvalue weighted by atomic mass is 32.1. The van der Waals surface area contributed by atoms with Crippen LogP contribution >= 0.6 is 22.7 Å². The number of fused-ring (bicyclic) bond motifs is 2. The van der Waals surface area contributed by atoms with Gasteiger partial charge in [0.25, 0.3) is 23.0 Å². The van der Waals surface area contributed by atoms with E-state index < -0.39 is 46.9 Å². The van der Waals surface area contributed by atoms with Crippen LogP contribution in [0.25, 0.3) is 20.4 Å². The van der Waals surface area contributed by atoms with Crippen LogP contribution in [-0.2, 0) is 38.1 Å². The molecule has 4 aliphatic rings. The second-order valence-electron chi connectivity index (χ2n) is 12.9. The summed E-state index contributed by atoms with van der Waals surface area (Å²) in [6.45, 7) is 0. The van der Waals surface area contributed by atoms with Gasteiger partial charge in [0.05, 0.1) is 34.7 Å². The van der Waals surface area contributed by atoms with E-state index in [1.54, 1.807) is 38.5 Å². The molecule has 0 radical (unpaired) electrons. The zero-order valence-electron chi connectivity index (χ0n) is 28.0. The minimum Gasteiger partial charge on any atom is -0.497 e. The number of hydrazone groups is 2. The third kappa shape index (κ3) is 6.47. The normalized spacial score (nSPS) is 26.1. The number of nitrogens with one attached hydrogen (secondary N) is 2. The van der Waals surface area contributed by atoms with Crippen LogP contribution in [0.4, 0.5) is 10.3 Å². The molecule has 2 aromatic carbocycles. The molecule has 0 unspecified atom stereocenters. The van der Waals surface area contributed by atoms with Crippen LogP contribution in [0, 0.1) is 11.8 Å². The average Bonchev–Trinajstić information content (AvgIpc) is 3.74. The van der Waals surface area contributed by atoms with Crippen molar-refractivity contribution in [3.8, 4) is 11.5 Å². The summed E-state index contributed by atoms with van der Waals surface area (Å²) in [4.78, 5) is 60.5. The second-order valence-corrected chi connectivity index (χ2v) is 15.0. The number of carbonyl (C=O) groups is 4. The van der Waals surface area contributed by atoms with Gasteiger partial charge in [-0.05, 0) is 73.9 Å². The first-order valence-corrected chi connectivity index (χ1v) is 18.3. The van der Waals surface area contributed by atoms with Crippen molar-refractivity contribution >= 4 is 88.7 Å². The quantitative estimate of drug-likeness (QED) is 0.186. The van der Waals surface area contributed by atoms with Crippen LogP contribution in [0.2, 0.25) is 0 Å². The monoisotopic (exact) mass is 748 g/mol. The van der Waals surface area contributed by atoms with Gasteiger partial charge in [-0.2, -0.15) is 10.2 Å². The molecule has 16 nitrogen and oxygen atoms in total. The number of rotatable bonds is 7. The molecule has 2 saturated carbocycles. The number of methoxy groups -OCH3 is 2. The van der Waals surface area contributed by atoms with Crippen molar-refractivity contribution in [2.75, 3.05) is 25.1 Å². The maximum absolute atomic E-state index is 12.9. The van der Waals surface area contributed by atoms with Crippen molar-refractivity contribution in [1.82, 2.24) is 9.97 Å². The lowest BCUT2D eigenvalue weighted by molar-refractivity contribution is -0.248. The van der Waals surface area contributed by atoms with Crippen LogP contribution in [-0.4, -0.2) is 71.1 Å². The van der Waals surface area contributed by atoms with Crippen molar-refractivity contribution in [2.24, 2.45) is 22.0 Å². The number of nitrogens with zero attached hydrogens (tertiary/aromatic N) is 4. The van der Waals surface area contributed by atoms with Crippen LogP contribution in [0.3, 0.4) is 0 Å². The van der Waals surface area contributed by atoms with Crippen molar-refractivity contribution in [1.29, 1.82) is 0 Å². The molecule has 2 aromatic heterocycles. The first-order chi connectivity index (χ1) is 25.1. The van der Waals surface area contributed by atoms with Crippen LogP contribution in [0.15, 0.2) is 46.6 Å². The van der Waals surface area contributed by atoms with E-state index in [1.165, 1.54) is 22.7 Å². The molecular weight excluding hydrogens is 717 g/mol. The fraction of sp³-hybridized carbons (Fsp3) is 0.412. The summed E-state index contributed by atoms with van der Waals surface area (Å²) >= 11 is 2.58. The van der Waals surface area contributed by atoms with E-state index in [1.807, 2.05) is 12.1 Å².